The minimum absolute atomic E-state index is 0. The van der Waals surface area contributed by atoms with Gasteiger partial charge < -0.3 is 5.32 Å². The van der Waals surface area contributed by atoms with E-state index in [0.29, 0.717) is 12.4 Å². The average Bonchev–Trinajstić information content (AvgIpc) is 2.97. The van der Waals surface area contributed by atoms with Crippen molar-refractivity contribution in [1.82, 2.24) is 30.4 Å². The summed E-state index contributed by atoms with van der Waals surface area (Å²) in [5.41, 5.74) is -0.994. The van der Waals surface area contributed by atoms with E-state index in [-0.39, 0.29) is 29.2 Å². The van der Waals surface area contributed by atoms with Crippen LogP contribution in [0.4, 0.5) is 13.2 Å². The SMILES string of the molecule is C[C@H]1CNCCN1Cc1nnnn1-c1ccc(Cl)cc1C(F)(F)F.Cl. The van der Waals surface area contributed by atoms with Gasteiger partial charge in [0, 0.05) is 30.7 Å². The standard InChI is InChI=1S/C14H16ClF3N6.ClH/c1-9-7-19-4-5-23(9)8-13-20-21-22-24(13)12-3-2-10(15)6-11(12)14(16,17)18;/h2-3,6,9,19H,4-5,7-8H2,1H3;1H/t9-;/m0./s1. The monoisotopic (exact) mass is 396 g/mol. The second-order valence-corrected chi connectivity index (χ2v) is 6.13. The molecule has 6 nitrogen and oxygen atoms in total. The second kappa shape index (κ2) is 7.86. The molecule has 0 spiro atoms. The first-order chi connectivity index (χ1) is 11.4. The van der Waals surface area contributed by atoms with Crippen molar-refractivity contribution in [1.29, 1.82) is 0 Å². The maximum atomic E-state index is 13.3. The minimum Gasteiger partial charge on any atom is -0.314 e. The van der Waals surface area contributed by atoms with E-state index in [0.717, 1.165) is 30.4 Å². The average molecular weight is 397 g/mol. The van der Waals surface area contributed by atoms with Crippen molar-refractivity contribution in [2.75, 3.05) is 19.6 Å². The van der Waals surface area contributed by atoms with E-state index in [1.165, 1.54) is 12.1 Å². The topological polar surface area (TPSA) is 58.9 Å². The highest BCUT2D eigenvalue weighted by Crippen LogP contribution is 2.35. The van der Waals surface area contributed by atoms with Crippen LogP contribution < -0.4 is 5.32 Å². The molecule has 1 aromatic carbocycles. The summed E-state index contributed by atoms with van der Waals surface area (Å²) in [6.45, 7) is 4.83. The van der Waals surface area contributed by atoms with Crippen molar-refractivity contribution in [2.24, 2.45) is 0 Å². The van der Waals surface area contributed by atoms with Crippen LogP contribution in [0.1, 0.15) is 18.3 Å². The smallest absolute Gasteiger partial charge is 0.314 e. The molecule has 138 valence electrons. The zero-order chi connectivity index (χ0) is 17.3. The number of nitrogens with one attached hydrogen (secondary N) is 1. The van der Waals surface area contributed by atoms with E-state index >= 15 is 0 Å². The first kappa shape index (κ1) is 19.9. The van der Waals surface area contributed by atoms with Crippen LogP contribution in [-0.2, 0) is 12.7 Å². The number of rotatable bonds is 3. The van der Waals surface area contributed by atoms with Crippen LogP contribution in [-0.4, -0.2) is 50.8 Å². The Labute approximate surface area is 153 Å². The van der Waals surface area contributed by atoms with Crippen LogP contribution in [0.15, 0.2) is 18.2 Å². The number of halogens is 5. The molecular formula is C14H17Cl2F3N6. The number of tetrazole rings is 1. The van der Waals surface area contributed by atoms with Crippen molar-refractivity contribution in [3.8, 4) is 5.69 Å². The number of hydrogen-bond acceptors (Lipinski definition) is 5. The fourth-order valence-electron chi connectivity index (χ4n) is 2.71. The Hall–Kier alpha value is -1.42. The molecule has 0 radical (unpaired) electrons. The van der Waals surface area contributed by atoms with Gasteiger partial charge in [-0.15, -0.1) is 17.5 Å². The fraction of sp³-hybridized carbons (Fsp3) is 0.500. The highest BCUT2D eigenvalue weighted by Gasteiger charge is 2.35. The fourth-order valence-corrected chi connectivity index (χ4v) is 2.88. The third-order valence-electron chi connectivity index (χ3n) is 4.01. The van der Waals surface area contributed by atoms with Gasteiger partial charge in [-0.1, -0.05) is 11.6 Å². The predicted molar refractivity (Wildman–Crippen MR) is 89.2 cm³/mol. The third kappa shape index (κ3) is 4.41. The number of alkyl halides is 3. The molecule has 0 amide bonds. The number of nitrogens with zero attached hydrogens (tertiary/aromatic N) is 5. The molecular weight excluding hydrogens is 380 g/mol. The van der Waals surface area contributed by atoms with Gasteiger partial charge in [-0.2, -0.15) is 17.9 Å². The van der Waals surface area contributed by atoms with E-state index in [2.05, 4.69) is 25.7 Å². The molecule has 1 aliphatic rings. The molecule has 1 fully saturated rings. The van der Waals surface area contributed by atoms with Gasteiger partial charge >= 0.3 is 6.18 Å². The Morgan fingerprint density at radius 2 is 2.12 bits per heavy atom. The number of aromatic nitrogens is 4. The lowest BCUT2D eigenvalue weighted by atomic mass is 10.1. The summed E-state index contributed by atoms with van der Waals surface area (Å²) in [7, 11) is 0. The Balaban J connectivity index is 0.00000225. The van der Waals surface area contributed by atoms with Crippen molar-refractivity contribution < 1.29 is 13.2 Å². The summed E-state index contributed by atoms with van der Waals surface area (Å²) in [4.78, 5) is 2.13. The Morgan fingerprint density at radius 1 is 1.36 bits per heavy atom. The normalized spacial score (nSPS) is 18.8. The maximum absolute atomic E-state index is 13.3. The van der Waals surface area contributed by atoms with Crippen molar-refractivity contribution in [3.63, 3.8) is 0 Å². The van der Waals surface area contributed by atoms with E-state index in [4.69, 9.17) is 11.6 Å². The zero-order valence-electron chi connectivity index (χ0n) is 13.3. The largest absolute Gasteiger partial charge is 0.418 e. The molecule has 3 rings (SSSR count). The zero-order valence-corrected chi connectivity index (χ0v) is 14.9. The summed E-state index contributed by atoms with van der Waals surface area (Å²) < 4.78 is 41.1. The van der Waals surface area contributed by atoms with Gasteiger partial charge in [0.2, 0.25) is 0 Å². The van der Waals surface area contributed by atoms with E-state index in [1.54, 1.807) is 0 Å². The first-order valence-corrected chi connectivity index (χ1v) is 7.83. The molecule has 25 heavy (non-hydrogen) atoms. The van der Waals surface area contributed by atoms with Crippen LogP contribution >= 0.6 is 24.0 Å². The van der Waals surface area contributed by atoms with Gasteiger partial charge in [-0.25, -0.2) is 0 Å². The number of hydrogen-bond donors (Lipinski definition) is 1. The number of benzene rings is 1. The summed E-state index contributed by atoms with van der Waals surface area (Å²) in [6.07, 6.45) is -4.55. The molecule has 2 heterocycles. The van der Waals surface area contributed by atoms with E-state index in [1.807, 2.05) is 6.92 Å². The Morgan fingerprint density at radius 3 is 2.80 bits per heavy atom. The second-order valence-electron chi connectivity index (χ2n) is 5.69. The van der Waals surface area contributed by atoms with Crippen LogP contribution in [0.25, 0.3) is 5.69 Å². The van der Waals surface area contributed by atoms with Gasteiger partial charge in [0.1, 0.15) is 0 Å². The highest BCUT2D eigenvalue weighted by molar-refractivity contribution is 6.30. The van der Waals surface area contributed by atoms with Crippen LogP contribution in [0, 0.1) is 0 Å². The summed E-state index contributed by atoms with van der Waals surface area (Å²) in [5.74, 6) is 0.358. The van der Waals surface area contributed by atoms with Crippen LogP contribution in [0.5, 0.6) is 0 Å². The number of piperazine rings is 1. The Bertz CT molecular complexity index is 721. The predicted octanol–water partition coefficient (Wildman–Crippen LogP) is 2.55. The first-order valence-electron chi connectivity index (χ1n) is 7.45. The molecule has 2 aromatic rings. The van der Waals surface area contributed by atoms with Crippen molar-refractivity contribution in [3.05, 3.63) is 34.6 Å². The molecule has 1 aromatic heterocycles. The molecule has 1 N–H and O–H groups in total. The van der Waals surface area contributed by atoms with Crippen molar-refractivity contribution in [2.45, 2.75) is 25.7 Å². The molecule has 1 saturated heterocycles. The quantitative estimate of drug-likeness (QED) is 0.863. The molecule has 1 aliphatic heterocycles. The summed E-state index contributed by atoms with van der Waals surface area (Å²) >= 11 is 5.72. The molecule has 0 unspecified atom stereocenters. The van der Waals surface area contributed by atoms with E-state index < -0.39 is 11.7 Å². The van der Waals surface area contributed by atoms with Gasteiger partial charge in [0.05, 0.1) is 17.8 Å². The summed E-state index contributed by atoms with van der Waals surface area (Å²) in [6, 6.07) is 3.81. The molecule has 0 aliphatic carbocycles. The minimum atomic E-state index is -4.55. The Kier molecular flexibility index (Phi) is 6.26. The lowest BCUT2D eigenvalue weighted by Gasteiger charge is -2.33. The maximum Gasteiger partial charge on any atom is 0.418 e. The molecule has 11 heteroatoms. The van der Waals surface area contributed by atoms with Gasteiger partial charge in [-0.05, 0) is 35.5 Å². The lowest BCUT2D eigenvalue weighted by Crippen LogP contribution is -2.49. The lowest BCUT2D eigenvalue weighted by molar-refractivity contribution is -0.137. The summed E-state index contributed by atoms with van der Waals surface area (Å²) in [5, 5.41) is 14.5. The highest BCUT2D eigenvalue weighted by atomic mass is 35.5. The molecule has 0 bridgehead atoms. The third-order valence-corrected chi connectivity index (χ3v) is 4.24. The van der Waals surface area contributed by atoms with Gasteiger partial charge in [0.25, 0.3) is 0 Å². The molecule has 1 atom stereocenters. The van der Waals surface area contributed by atoms with E-state index in [9.17, 15) is 13.2 Å². The van der Waals surface area contributed by atoms with Gasteiger partial charge in [0.15, 0.2) is 5.82 Å². The van der Waals surface area contributed by atoms with Crippen LogP contribution in [0.3, 0.4) is 0 Å². The van der Waals surface area contributed by atoms with Crippen molar-refractivity contribution >= 4 is 24.0 Å². The van der Waals surface area contributed by atoms with Crippen LogP contribution in [0.2, 0.25) is 5.02 Å². The molecule has 0 saturated carbocycles. The van der Waals surface area contributed by atoms with Gasteiger partial charge in [-0.3, -0.25) is 4.90 Å².